The molecular weight excluding hydrogens is 794 g/mol. The summed E-state index contributed by atoms with van der Waals surface area (Å²) < 4.78 is 56.5. The second-order valence-electron chi connectivity index (χ2n) is 14.6. The summed E-state index contributed by atoms with van der Waals surface area (Å²) in [4.78, 5) is 0. The van der Waals surface area contributed by atoms with Crippen LogP contribution in [0, 0.1) is 0 Å². The van der Waals surface area contributed by atoms with Gasteiger partial charge in [0.2, 0.25) is 0 Å². The summed E-state index contributed by atoms with van der Waals surface area (Å²) in [5.41, 5.74) is 6.46. The summed E-state index contributed by atoms with van der Waals surface area (Å²) in [6.07, 6.45) is -39.7. The number of rotatable bonds is 15. The van der Waals surface area contributed by atoms with Crippen molar-refractivity contribution < 1.29 is 119 Å². The predicted octanol–water partition coefficient (Wildman–Crippen LogP) is -9.72. The quantitative estimate of drug-likeness (QED) is 0.0680. The summed E-state index contributed by atoms with van der Waals surface area (Å²) in [5, 5.41) is 148. The van der Waals surface area contributed by atoms with E-state index in [0.29, 0.717) is 0 Å². The molecule has 5 aliphatic rings. The molecule has 0 aromatic heterocycles. The van der Waals surface area contributed by atoms with E-state index in [0.717, 1.165) is 0 Å². The number of ether oxygens (including phenoxy) is 10. The van der Waals surface area contributed by atoms with Crippen molar-refractivity contribution in [3.63, 3.8) is 0 Å². The van der Waals surface area contributed by atoms with E-state index in [9.17, 15) is 71.5 Å². The van der Waals surface area contributed by atoms with Crippen molar-refractivity contribution in [1.82, 2.24) is 0 Å². The van der Waals surface area contributed by atoms with Gasteiger partial charge in [-0.2, -0.15) is 0 Å². The third kappa shape index (κ3) is 9.84. The molecule has 58 heavy (non-hydrogen) atoms. The van der Waals surface area contributed by atoms with Crippen molar-refractivity contribution in [3.8, 4) is 0 Å². The van der Waals surface area contributed by atoms with Gasteiger partial charge in [0.25, 0.3) is 0 Å². The lowest BCUT2D eigenvalue weighted by atomic mass is 9.94. The standard InChI is InChI=1S/C33H57NO24/c1-3-4-49-30-23(47)21(45)25(13(8-38)54-30)55-32-24(48)27(18(42)12(7-37)52-32)57-29-14(34)26(17(41)11(6-36)51-29)56-33-28(20(44)16(40)10(5-35)53-33)58-31-22(46)19(43)15(39)9(2)50-31/h3,9-33,35-48H,1,4-8,34H2,2H3/t9?,10?,11?,12?,13?,14?,15-,16-,17-,18?,19?,20?,21?,22?,23?,24?,25-,26?,27+,28?,29?,30+,31-,32-,33-/m0/s1. The third-order valence-electron chi connectivity index (χ3n) is 10.7. The molecule has 0 aromatic rings. The Kier molecular flexibility index (Phi) is 17.1. The van der Waals surface area contributed by atoms with Gasteiger partial charge < -0.3 is 125 Å². The van der Waals surface area contributed by atoms with Crippen LogP contribution in [0.2, 0.25) is 0 Å². The molecule has 5 fully saturated rings. The fourth-order valence-electron chi connectivity index (χ4n) is 7.29. The molecule has 338 valence electrons. The number of aliphatic hydroxyl groups excluding tert-OH is 14. The minimum atomic E-state index is -2.02. The first-order chi connectivity index (χ1) is 27.5. The number of hydrogen-bond acceptors (Lipinski definition) is 25. The van der Waals surface area contributed by atoms with Crippen molar-refractivity contribution in [2.45, 2.75) is 160 Å². The third-order valence-corrected chi connectivity index (χ3v) is 10.7. The van der Waals surface area contributed by atoms with E-state index < -0.39 is 180 Å². The molecule has 0 aromatic carbocycles. The summed E-state index contributed by atoms with van der Waals surface area (Å²) >= 11 is 0. The van der Waals surface area contributed by atoms with E-state index in [1.54, 1.807) is 0 Å². The topological polar surface area (TPSA) is 402 Å². The molecular formula is C33H57NO24. The average molecular weight is 852 g/mol. The van der Waals surface area contributed by atoms with Crippen molar-refractivity contribution in [2.75, 3.05) is 33.0 Å². The van der Waals surface area contributed by atoms with Crippen LogP contribution in [0.3, 0.4) is 0 Å². The van der Waals surface area contributed by atoms with E-state index in [1.807, 2.05) is 0 Å². The van der Waals surface area contributed by atoms with Crippen LogP contribution >= 0.6 is 0 Å². The maximum absolute atomic E-state index is 11.4. The first kappa shape index (κ1) is 47.8. The van der Waals surface area contributed by atoms with E-state index in [-0.39, 0.29) is 6.61 Å². The van der Waals surface area contributed by atoms with Crippen molar-refractivity contribution >= 4 is 0 Å². The lowest BCUT2D eigenvalue weighted by Gasteiger charge is -2.50. The van der Waals surface area contributed by atoms with Crippen LogP contribution in [0.4, 0.5) is 0 Å². The molecule has 0 radical (unpaired) electrons. The van der Waals surface area contributed by atoms with Gasteiger partial charge in [0.1, 0.15) is 110 Å². The molecule has 0 spiro atoms. The average Bonchev–Trinajstić information content (AvgIpc) is 3.21. The maximum Gasteiger partial charge on any atom is 0.187 e. The zero-order valence-corrected chi connectivity index (χ0v) is 31.2. The lowest BCUT2D eigenvalue weighted by Crippen LogP contribution is -2.69. The fraction of sp³-hybridized carbons (Fsp3) is 0.939. The largest absolute Gasteiger partial charge is 0.394 e. The molecule has 0 amide bonds. The first-order valence-corrected chi connectivity index (χ1v) is 18.6. The van der Waals surface area contributed by atoms with Crippen LogP contribution in [-0.2, 0) is 47.4 Å². The molecule has 0 saturated carbocycles. The Balaban J connectivity index is 1.36. The Labute approximate surface area is 330 Å². The van der Waals surface area contributed by atoms with Crippen LogP contribution in [0.1, 0.15) is 6.92 Å². The fourth-order valence-corrected chi connectivity index (χ4v) is 7.29. The Hall–Kier alpha value is -1.26. The summed E-state index contributed by atoms with van der Waals surface area (Å²) in [6.45, 7) is 1.29. The van der Waals surface area contributed by atoms with Crippen LogP contribution in [-0.4, -0.2) is 258 Å². The molecule has 0 aliphatic carbocycles. The molecule has 25 nitrogen and oxygen atoms in total. The molecule has 25 heteroatoms. The Morgan fingerprint density at radius 3 is 1.50 bits per heavy atom. The molecule has 0 bridgehead atoms. The van der Waals surface area contributed by atoms with Gasteiger partial charge in [-0.15, -0.1) is 6.58 Å². The number of aliphatic hydroxyl groups is 14. The minimum Gasteiger partial charge on any atom is -0.394 e. The summed E-state index contributed by atoms with van der Waals surface area (Å²) in [7, 11) is 0. The normalized spacial score (nSPS) is 51.7. The van der Waals surface area contributed by atoms with Crippen molar-refractivity contribution in [3.05, 3.63) is 12.7 Å². The van der Waals surface area contributed by atoms with Gasteiger partial charge in [-0.3, -0.25) is 0 Å². The molecule has 25 atom stereocenters. The molecule has 16 unspecified atom stereocenters. The first-order valence-electron chi connectivity index (χ1n) is 18.6. The molecule has 5 heterocycles. The van der Waals surface area contributed by atoms with Gasteiger partial charge in [0.05, 0.1) is 45.2 Å². The van der Waals surface area contributed by atoms with Gasteiger partial charge >= 0.3 is 0 Å². The number of hydrogen-bond donors (Lipinski definition) is 15. The SMILES string of the molecule is C=CCO[C@@H]1OC(CO)[C@H](O[C@@H]2OC(CO)C(O)[C@@H](OC3OC(CO)[C@H](O)C(O[C@@H]4OC(CO)[C@H](O)C(O)C4O[C@@H]4OC(C)[C@H](O)C(O)C4O)C3N)C2O)C(O)C1O. The predicted molar refractivity (Wildman–Crippen MR) is 181 cm³/mol. The molecule has 5 saturated heterocycles. The Morgan fingerprint density at radius 1 is 0.448 bits per heavy atom. The van der Waals surface area contributed by atoms with Gasteiger partial charge in [-0.1, -0.05) is 6.08 Å². The maximum atomic E-state index is 11.4. The van der Waals surface area contributed by atoms with Gasteiger partial charge in [0.15, 0.2) is 31.5 Å². The smallest absolute Gasteiger partial charge is 0.187 e. The summed E-state index contributed by atoms with van der Waals surface area (Å²) in [5.74, 6) is 0. The molecule has 5 rings (SSSR count). The highest BCUT2D eigenvalue weighted by atomic mass is 16.8. The lowest BCUT2D eigenvalue weighted by molar-refractivity contribution is -0.389. The van der Waals surface area contributed by atoms with Crippen molar-refractivity contribution in [2.24, 2.45) is 5.73 Å². The monoisotopic (exact) mass is 851 g/mol. The van der Waals surface area contributed by atoms with Crippen LogP contribution in [0.25, 0.3) is 0 Å². The highest BCUT2D eigenvalue weighted by Crippen LogP contribution is 2.35. The van der Waals surface area contributed by atoms with E-state index >= 15 is 0 Å². The van der Waals surface area contributed by atoms with Gasteiger partial charge in [0, 0.05) is 0 Å². The zero-order chi connectivity index (χ0) is 42.7. The van der Waals surface area contributed by atoms with E-state index in [4.69, 9.17) is 53.1 Å². The molecule has 5 aliphatic heterocycles. The van der Waals surface area contributed by atoms with Crippen LogP contribution in [0.5, 0.6) is 0 Å². The Bertz CT molecular complexity index is 1280. The van der Waals surface area contributed by atoms with Gasteiger partial charge in [-0.05, 0) is 6.92 Å². The number of nitrogens with two attached hydrogens (primary N) is 1. The highest BCUT2D eigenvalue weighted by Gasteiger charge is 2.56. The van der Waals surface area contributed by atoms with Crippen molar-refractivity contribution in [1.29, 1.82) is 0 Å². The minimum absolute atomic E-state index is 0.0882. The second-order valence-corrected chi connectivity index (χ2v) is 14.6. The second kappa shape index (κ2) is 20.7. The highest BCUT2D eigenvalue weighted by molar-refractivity contribution is 5.00. The summed E-state index contributed by atoms with van der Waals surface area (Å²) in [6, 6.07) is -1.66. The Morgan fingerprint density at radius 2 is 0.897 bits per heavy atom. The van der Waals surface area contributed by atoms with E-state index in [1.165, 1.54) is 13.0 Å². The zero-order valence-electron chi connectivity index (χ0n) is 31.2. The molecule has 16 N–H and O–H groups in total. The van der Waals surface area contributed by atoms with Crippen LogP contribution in [0.15, 0.2) is 12.7 Å². The van der Waals surface area contributed by atoms with Gasteiger partial charge in [-0.25, -0.2) is 0 Å². The van der Waals surface area contributed by atoms with E-state index in [2.05, 4.69) is 6.58 Å². The van der Waals surface area contributed by atoms with Crippen LogP contribution < -0.4 is 5.73 Å².